The largest absolute Gasteiger partial charge is 0.480 e. The molecule has 0 aliphatic heterocycles. The molecule has 0 aromatic carbocycles. The maximum atomic E-state index is 10.8. The van der Waals surface area contributed by atoms with Gasteiger partial charge in [0.2, 0.25) is 0 Å². The van der Waals surface area contributed by atoms with E-state index in [1.807, 2.05) is 0 Å². The van der Waals surface area contributed by atoms with Crippen LogP contribution in [0.2, 0.25) is 0 Å². The van der Waals surface area contributed by atoms with Gasteiger partial charge in [-0.3, -0.25) is 14.6 Å². The minimum Gasteiger partial charge on any atom is -0.480 e. The molecule has 0 saturated carbocycles. The standard InChI is InChI=1S/C6H12N2O4/c1-2-12-4-5(9)8(7)3-6(10)11/h2-4,7H2,1H3,(H,10,11). The summed E-state index contributed by atoms with van der Waals surface area (Å²) >= 11 is 0. The first-order chi connectivity index (χ1) is 5.57. The van der Waals surface area contributed by atoms with E-state index in [0.29, 0.717) is 11.6 Å². The molecule has 0 radical (unpaired) electrons. The van der Waals surface area contributed by atoms with Crippen LogP contribution in [0.5, 0.6) is 0 Å². The lowest BCUT2D eigenvalue weighted by atomic mass is 10.5. The number of amides is 1. The Morgan fingerprint density at radius 2 is 2.17 bits per heavy atom. The van der Waals surface area contributed by atoms with E-state index in [0.717, 1.165) is 0 Å². The van der Waals surface area contributed by atoms with Crippen LogP contribution in [-0.2, 0) is 14.3 Å². The van der Waals surface area contributed by atoms with Crippen LogP contribution in [0.1, 0.15) is 6.92 Å². The molecule has 6 heteroatoms. The van der Waals surface area contributed by atoms with Crippen molar-refractivity contribution in [2.45, 2.75) is 6.92 Å². The molecule has 0 aromatic rings. The number of carboxylic acids is 1. The van der Waals surface area contributed by atoms with Crippen molar-refractivity contribution in [2.24, 2.45) is 5.84 Å². The van der Waals surface area contributed by atoms with Gasteiger partial charge in [0.15, 0.2) is 0 Å². The topological polar surface area (TPSA) is 92.9 Å². The average molecular weight is 176 g/mol. The Morgan fingerprint density at radius 3 is 2.58 bits per heavy atom. The van der Waals surface area contributed by atoms with Gasteiger partial charge in [0.25, 0.3) is 5.91 Å². The number of nitrogens with two attached hydrogens (primary N) is 1. The molecule has 0 atom stereocenters. The fourth-order valence-corrected chi connectivity index (χ4v) is 0.506. The van der Waals surface area contributed by atoms with E-state index >= 15 is 0 Å². The second kappa shape index (κ2) is 5.50. The second-order valence-corrected chi connectivity index (χ2v) is 2.05. The van der Waals surface area contributed by atoms with Crippen LogP contribution in [0.4, 0.5) is 0 Å². The van der Waals surface area contributed by atoms with Gasteiger partial charge >= 0.3 is 5.97 Å². The molecule has 0 saturated heterocycles. The Hall–Kier alpha value is -1.14. The van der Waals surface area contributed by atoms with Crippen LogP contribution in [-0.4, -0.2) is 41.8 Å². The van der Waals surface area contributed by atoms with Crippen LogP contribution in [0, 0.1) is 0 Å². The van der Waals surface area contributed by atoms with E-state index in [1.165, 1.54) is 0 Å². The number of nitrogens with zero attached hydrogens (tertiary/aromatic N) is 1. The van der Waals surface area contributed by atoms with Gasteiger partial charge in [0.1, 0.15) is 13.2 Å². The zero-order valence-electron chi connectivity index (χ0n) is 6.82. The maximum absolute atomic E-state index is 10.8. The monoisotopic (exact) mass is 176 g/mol. The molecule has 0 aliphatic rings. The van der Waals surface area contributed by atoms with Gasteiger partial charge in [-0.05, 0) is 6.92 Å². The molecular formula is C6H12N2O4. The van der Waals surface area contributed by atoms with Crippen molar-refractivity contribution >= 4 is 11.9 Å². The molecule has 0 aromatic heterocycles. The van der Waals surface area contributed by atoms with Gasteiger partial charge in [-0.25, -0.2) is 5.84 Å². The van der Waals surface area contributed by atoms with E-state index in [9.17, 15) is 9.59 Å². The molecule has 12 heavy (non-hydrogen) atoms. The molecule has 1 amide bonds. The van der Waals surface area contributed by atoms with E-state index in [-0.39, 0.29) is 6.61 Å². The summed E-state index contributed by atoms with van der Waals surface area (Å²) in [6.45, 7) is 1.43. The van der Waals surface area contributed by atoms with Crippen molar-refractivity contribution in [1.82, 2.24) is 5.01 Å². The first kappa shape index (κ1) is 10.9. The third-order valence-electron chi connectivity index (χ3n) is 1.06. The van der Waals surface area contributed by atoms with Crippen molar-refractivity contribution in [3.63, 3.8) is 0 Å². The minimum absolute atomic E-state index is 0.180. The Balaban J connectivity index is 3.69. The van der Waals surface area contributed by atoms with Crippen LogP contribution in [0.3, 0.4) is 0 Å². The van der Waals surface area contributed by atoms with Gasteiger partial charge in [0.05, 0.1) is 0 Å². The minimum atomic E-state index is -1.15. The van der Waals surface area contributed by atoms with Gasteiger partial charge in [-0.2, -0.15) is 0 Å². The Labute approximate surface area is 69.9 Å². The summed E-state index contributed by atoms with van der Waals surface area (Å²) in [7, 11) is 0. The van der Waals surface area contributed by atoms with Crippen molar-refractivity contribution in [2.75, 3.05) is 19.8 Å². The van der Waals surface area contributed by atoms with Gasteiger partial charge in [0, 0.05) is 6.61 Å². The number of carbonyl (C=O) groups is 2. The molecule has 0 unspecified atom stereocenters. The summed E-state index contributed by atoms with van der Waals surface area (Å²) in [4.78, 5) is 20.9. The number of hydrazine groups is 1. The fraction of sp³-hybridized carbons (Fsp3) is 0.667. The van der Waals surface area contributed by atoms with Crippen molar-refractivity contribution in [1.29, 1.82) is 0 Å². The molecule has 70 valence electrons. The van der Waals surface area contributed by atoms with Crippen LogP contribution >= 0.6 is 0 Å². The highest BCUT2D eigenvalue weighted by atomic mass is 16.5. The van der Waals surface area contributed by atoms with Crippen LogP contribution in [0.15, 0.2) is 0 Å². The molecule has 6 nitrogen and oxygen atoms in total. The fourth-order valence-electron chi connectivity index (χ4n) is 0.506. The highest BCUT2D eigenvalue weighted by Gasteiger charge is 2.11. The number of carboxylic acid groups (broad SMARTS) is 1. The van der Waals surface area contributed by atoms with Gasteiger partial charge < -0.3 is 9.84 Å². The van der Waals surface area contributed by atoms with Gasteiger partial charge in [-0.15, -0.1) is 0 Å². The summed E-state index contributed by atoms with van der Waals surface area (Å²) in [5.74, 6) is 3.39. The van der Waals surface area contributed by atoms with E-state index in [4.69, 9.17) is 15.7 Å². The SMILES string of the molecule is CCOCC(=O)N(N)CC(=O)O. The van der Waals surface area contributed by atoms with E-state index in [2.05, 4.69) is 0 Å². The molecule has 0 heterocycles. The highest BCUT2D eigenvalue weighted by molar-refractivity contribution is 5.81. The second-order valence-electron chi connectivity index (χ2n) is 2.05. The molecule has 0 fully saturated rings. The predicted molar refractivity (Wildman–Crippen MR) is 40.0 cm³/mol. The Bertz CT molecular complexity index is 171. The summed E-state index contributed by atoms with van der Waals surface area (Å²) < 4.78 is 4.73. The van der Waals surface area contributed by atoms with Gasteiger partial charge in [-0.1, -0.05) is 0 Å². The molecule has 0 bridgehead atoms. The third-order valence-corrected chi connectivity index (χ3v) is 1.06. The number of hydrogen-bond donors (Lipinski definition) is 2. The quantitative estimate of drug-likeness (QED) is 0.312. The molecule has 3 N–H and O–H groups in total. The maximum Gasteiger partial charge on any atom is 0.324 e. The number of hydrogen-bond acceptors (Lipinski definition) is 4. The van der Waals surface area contributed by atoms with Crippen molar-refractivity contribution in [3.8, 4) is 0 Å². The number of carbonyl (C=O) groups excluding carboxylic acids is 1. The Kier molecular flexibility index (Phi) is 4.98. The normalized spacial score (nSPS) is 9.50. The van der Waals surface area contributed by atoms with Crippen molar-refractivity contribution < 1.29 is 19.4 Å². The smallest absolute Gasteiger partial charge is 0.324 e. The zero-order chi connectivity index (χ0) is 9.56. The molecule has 0 aliphatic carbocycles. The zero-order valence-corrected chi connectivity index (χ0v) is 6.82. The number of ether oxygens (including phenoxy) is 1. The summed E-state index contributed by atoms with van der Waals surface area (Å²) in [5, 5.41) is 8.85. The van der Waals surface area contributed by atoms with Crippen molar-refractivity contribution in [3.05, 3.63) is 0 Å². The van der Waals surface area contributed by atoms with E-state index in [1.54, 1.807) is 6.92 Å². The summed E-state index contributed by atoms with van der Waals surface area (Å²) in [6.07, 6.45) is 0. The molecule has 0 rings (SSSR count). The first-order valence-corrected chi connectivity index (χ1v) is 3.42. The molecule has 0 spiro atoms. The van der Waals surface area contributed by atoms with Crippen LogP contribution in [0.25, 0.3) is 0 Å². The van der Waals surface area contributed by atoms with Crippen LogP contribution < -0.4 is 5.84 Å². The predicted octanol–water partition coefficient (Wildman–Crippen LogP) is -1.19. The summed E-state index contributed by atoms with van der Waals surface area (Å²) in [6, 6.07) is 0. The molecular weight excluding hydrogens is 164 g/mol. The third kappa shape index (κ3) is 4.64. The first-order valence-electron chi connectivity index (χ1n) is 3.42. The number of aliphatic carboxylic acids is 1. The Morgan fingerprint density at radius 1 is 1.58 bits per heavy atom. The lowest BCUT2D eigenvalue weighted by Crippen LogP contribution is -2.43. The lowest BCUT2D eigenvalue weighted by molar-refractivity contribution is -0.146. The van der Waals surface area contributed by atoms with E-state index < -0.39 is 18.4 Å². The lowest BCUT2D eigenvalue weighted by Gasteiger charge is -2.13. The average Bonchev–Trinajstić information content (AvgIpc) is 1.98. The summed E-state index contributed by atoms with van der Waals surface area (Å²) in [5.41, 5.74) is 0. The highest BCUT2D eigenvalue weighted by Crippen LogP contribution is 1.82. The number of rotatable bonds is 5.